The van der Waals surface area contributed by atoms with Crippen LogP contribution in [0.2, 0.25) is 0 Å². The fourth-order valence-corrected chi connectivity index (χ4v) is 3.88. The van der Waals surface area contributed by atoms with Crippen LogP contribution >= 0.6 is 0 Å². The first kappa shape index (κ1) is 18.7. The summed E-state index contributed by atoms with van der Waals surface area (Å²) < 4.78 is 11.4. The lowest BCUT2D eigenvalue weighted by Gasteiger charge is -2.42. The summed E-state index contributed by atoms with van der Waals surface area (Å²) in [6, 6.07) is 17.6. The molecular weight excluding hydrogens is 354 g/mol. The number of aromatic nitrogens is 1. The summed E-state index contributed by atoms with van der Waals surface area (Å²) in [5.74, 6) is 0.0416. The van der Waals surface area contributed by atoms with E-state index in [0.717, 1.165) is 17.5 Å². The van der Waals surface area contributed by atoms with Crippen LogP contribution in [0.5, 0.6) is 0 Å². The number of carbonyl (C=O) groups is 1. The largest absolute Gasteiger partial charge is 0.373 e. The van der Waals surface area contributed by atoms with Gasteiger partial charge in [-0.1, -0.05) is 47.6 Å². The molecule has 0 N–H and O–H groups in total. The highest BCUT2D eigenvalue weighted by Crippen LogP contribution is 2.31. The average Bonchev–Trinajstić information content (AvgIpc) is 3.11. The average molecular weight is 379 g/mol. The zero-order valence-corrected chi connectivity index (χ0v) is 16.2. The van der Waals surface area contributed by atoms with Crippen LogP contribution in [0.25, 0.3) is 11.0 Å². The first-order valence-electron chi connectivity index (χ1n) is 9.57. The Kier molecular flexibility index (Phi) is 5.41. The fraction of sp³-hybridized carbons (Fsp3) is 0.364. The Labute approximate surface area is 164 Å². The van der Waals surface area contributed by atoms with Gasteiger partial charge in [-0.3, -0.25) is 4.79 Å². The Morgan fingerprint density at radius 1 is 1.14 bits per heavy atom. The lowest BCUT2D eigenvalue weighted by atomic mass is 9.97. The maximum absolute atomic E-state index is 13.3. The predicted octanol–water partition coefficient (Wildman–Crippen LogP) is 2.90. The summed E-state index contributed by atoms with van der Waals surface area (Å²) in [7, 11) is 4.04. The lowest BCUT2D eigenvalue weighted by molar-refractivity contribution is -0.147. The predicted molar refractivity (Wildman–Crippen MR) is 107 cm³/mol. The monoisotopic (exact) mass is 379 g/mol. The molecule has 1 aliphatic heterocycles. The van der Waals surface area contributed by atoms with Crippen molar-refractivity contribution in [2.75, 3.05) is 33.8 Å². The molecule has 0 saturated carbocycles. The number of para-hydroxylation sites is 1. The molecule has 1 fully saturated rings. The Morgan fingerprint density at radius 2 is 1.89 bits per heavy atom. The van der Waals surface area contributed by atoms with Gasteiger partial charge in [-0.15, -0.1) is 0 Å². The van der Waals surface area contributed by atoms with Gasteiger partial charge in [0.2, 0.25) is 5.91 Å². The second-order valence-corrected chi connectivity index (χ2v) is 7.42. The van der Waals surface area contributed by atoms with E-state index < -0.39 is 0 Å². The molecule has 0 aliphatic carbocycles. The summed E-state index contributed by atoms with van der Waals surface area (Å²) >= 11 is 0. The molecule has 0 bridgehead atoms. The van der Waals surface area contributed by atoms with Gasteiger partial charge in [-0.05, 0) is 31.8 Å². The molecule has 28 heavy (non-hydrogen) atoms. The Hall–Kier alpha value is -2.70. The van der Waals surface area contributed by atoms with Crippen LogP contribution < -0.4 is 0 Å². The van der Waals surface area contributed by atoms with Gasteiger partial charge >= 0.3 is 0 Å². The number of nitrogens with zero attached hydrogens (tertiary/aromatic N) is 3. The van der Waals surface area contributed by atoms with Gasteiger partial charge in [0.05, 0.1) is 25.2 Å². The van der Waals surface area contributed by atoms with E-state index >= 15 is 0 Å². The molecule has 2 aromatic carbocycles. The molecule has 0 spiro atoms. The molecule has 6 nitrogen and oxygen atoms in total. The summed E-state index contributed by atoms with van der Waals surface area (Å²) in [5.41, 5.74) is 2.48. The SMILES string of the molecule is CN(C)C[C@@H]1OCCN(C(=O)Cc2noc3ccccc23)[C@H]1c1ccccc1. The smallest absolute Gasteiger partial charge is 0.229 e. The van der Waals surface area contributed by atoms with E-state index in [1.54, 1.807) is 0 Å². The number of ether oxygens (including phenoxy) is 1. The van der Waals surface area contributed by atoms with E-state index in [2.05, 4.69) is 22.2 Å². The van der Waals surface area contributed by atoms with Crippen LogP contribution in [-0.2, 0) is 16.0 Å². The Balaban J connectivity index is 1.62. The molecule has 0 radical (unpaired) electrons. The highest BCUT2D eigenvalue weighted by molar-refractivity contribution is 5.86. The Bertz CT molecular complexity index is 938. The highest BCUT2D eigenvalue weighted by atomic mass is 16.5. The molecule has 1 amide bonds. The summed E-state index contributed by atoms with van der Waals surface area (Å²) in [5, 5.41) is 5.03. The van der Waals surface area contributed by atoms with Crippen LogP contribution in [0.1, 0.15) is 17.3 Å². The van der Waals surface area contributed by atoms with E-state index in [0.29, 0.717) is 24.4 Å². The number of benzene rings is 2. The van der Waals surface area contributed by atoms with Crippen LogP contribution in [-0.4, -0.2) is 60.8 Å². The Morgan fingerprint density at radius 3 is 2.68 bits per heavy atom. The van der Waals surface area contributed by atoms with Crippen molar-refractivity contribution in [3.8, 4) is 0 Å². The van der Waals surface area contributed by atoms with Crippen LogP contribution in [0.15, 0.2) is 59.1 Å². The van der Waals surface area contributed by atoms with Gasteiger partial charge in [0.1, 0.15) is 5.69 Å². The third-order valence-electron chi connectivity index (χ3n) is 5.13. The zero-order chi connectivity index (χ0) is 19.5. The van der Waals surface area contributed by atoms with Crippen molar-refractivity contribution in [1.82, 2.24) is 15.0 Å². The quantitative estimate of drug-likeness (QED) is 0.682. The third kappa shape index (κ3) is 3.79. The molecule has 1 saturated heterocycles. The van der Waals surface area contributed by atoms with Gasteiger partial charge < -0.3 is 19.1 Å². The third-order valence-corrected chi connectivity index (χ3v) is 5.13. The standard InChI is InChI=1S/C22H25N3O3/c1-24(2)15-20-22(16-8-4-3-5-9-16)25(12-13-27-20)21(26)14-18-17-10-6-7-11-19(17)28-23-18/h3-11,20,22H,12-15H2,1-2H3/t20-,22-/m0/s1. The van der Waals surface area contributed by atoms with Crippen LogP contribution in [0, 0.1) is 0 Å². The number of hydrogen-bond donors (Lipinski definition) is 0. The van der Waals surface area contributed by atoms with Crippen molar-refractivity contribution in [1.29, 1.82) is 0 Å². The highest BCUT2D eigenvalue weighted by Gasteiger charge is 2.36. The van der Waals surface area contributed by atoms with Crippen molar-refractivity contribution in [2.45, 2.75) is 18.6 Å². The van der Waals surface area contributed by atoms with E-state index in [-0.39, 0.29) is 24.5 Å². The molecule has 4 rings (SSSR count). The van der Waals surface area contributed by atoms with Gasteiger partial charge in [0.15, 0.2) is 5.58 Å². The molecule has 6 heteroatoms. The minimum atomic E-state index is -0.122. The number of likely N-dealkylation sites (N-methyl/N-ethyl adjacent to an activating group) is 1. The molecule has 2 atom stereocenters. The first-order valence-corrected chi connectivity index (χ1v) is 9.57. The zero-order valence-electron chi connectivity index (χ0n) is 16.2. The van der Waals surface area contributed by atoms with Gasteiger partial charge in [-0.25, -0.2) is 0 Å². The second kappa shape index (κ2) is 8.12. The molecule has 146 valence electrons. The van der Waals surface area contributed by atoms with E-state index in [9.17, 15) is 4.79 Å². The number of rotatable bonds is 5. The molecule has 2 heterocycles. The van der Waals surface area contributed by atoms with E-state index in [1.807, 2.05) is 61.5 Å². The summed E-state index contributed by atoms with van der Waals surface area (Å²) in [6.45, 7) is 1.85. The minimum absolute atomic E-state index is 0.0416. The number of morpholine rings is 1. The topological polar surface area (TPSA) is 58.8 Å². The number of carbonyl (C=O) groups excluding carboxylic acids is 1. The maximum atomic E-state index is 13.3. The lowest BCUT2D eigenvalue weighted by Crippen LogP contribution is -2.51. The number of hydrogen-bond acceptors (Lipinski definition) is 5. The molecule has 1 aromatic heterocycles. The molecule has 3 aromatic rings. The van der Waals surface area contributed by atoms with Crippen molar-refractivity contribution in [3.63, 3.8) is 0 Å². The molecule has 0 unspecified atom stereocenters. The van der Waals surface area contributed by atoms with Crippen molar-refractivity contribution >= 4 is 16.9 Å². The molecular formula is C22H25N3O3. The van der Waals surface area contributed by atoms with Crippen LogP contribution in [0.3, 0.4) is 0 Å². The van der Waals surface area contributed by atoms with E-state index in [4.69, 9.17) is 9.26 Å². The van der Waals surface area contributed by atoms with Gasteiger partial charge in [0.25, 0.3) is 0 Å². The molecule has 1 aliphatic rings. The van der Waals surface area contributed by atoms with E-state index in [1.165, 1.54) is 0 Å². The first-order chi connectivity index (χ1) is 13.6. The summed E-state index contributed by atoms with van der Waals surface area (Å²) in [4.78, 5) is 17.3. The normalized spacial score (nSPS) is 20.0. The van der Waals surface area contributed by atoms with Crippen molar-refractivity contribution in [3.05, 3.63) is 65.9 Å². The number of amides is 1. The summed E-state index contributed by atoms with van der Waals surface area (Å²) in [6.07, 6.45) is 0.138. The van der Waals surface area contributed by atoms with Gasteiger partial charge in [-0.2, -0.15) is 0 Å². The maximum Gasteiger partial charge on any atom is 0.229 e. The van der Waals surface area contributed by atoms with Gasteiger partial charge in [0, 0.05) is 18.5 Å². The fourth-order valence-electron chi connectivity index (χ4n) is 3.88. The second-order valence-electron chi connectivity index (χ2n) is 7.42. The van der Waals surface area contributed by atoms with Crippen LogP contribution in [0.4, 0.5) is 0 Å². The minimum Gasteiger partial charge on any atom is -0.373 e. The number of fused-ring (bicyclic) bond motifs is 1. The van der Waals surface area contributed by atoms with Crippen molar-refractivity contribution in [2.24, 2.45) is 0 Å². The van der Waals surface area contributed by atoms with Crippen molar-refractivity contribution < 1.29 is 14.1 Å².